The molecule has 2 N–H and O–H groups in total. The van der Waals surface area contributed by atoms with E-state index in [1.54, 1.807) is 0 Å². The van der Waals surface area contributed by atoms with Crippen LogP contribution in [0.15, 0.2) is 53.6 Å². The quantitative estimate of drug-likeness (QED) is 0.180. The number of carboxylic acid groups (broad SMARTS) is 1. The van der Waals surface area contributed by atoms with Crippen LogP contribution in [0.4, 0.5) is 18.9 Å². The summed E-state index contributed by atoms with van der Waals surface area (Å²) in [6.07, 6.45) is -3.74. The summed E-state index contributed by atoms with van der Waals surface area (Å²) in [5.41, 5.74) is -2.36. The summed E-state index contributed by atoms with van der Waals surface area (Å²) in [7, 11) is -4.32. The smallest absolute Gasteiger partial charge is 0.417 e. The number of pyridine rings is 1. The number of alkyl halides is 3. The SMILES string of the molecule is O=C(O)c1cccc(Cl)c1C(=O)c1ncc(Cl)cc1NCOCS(=O)(=O)c1ccc(Cl)c(C(F)(F)F)c1. The topological polar surface area (TPSA) is 123 Å². The molecule has 2 aromatic carbocycles. The summed E-state index contributed by atoms with van der Waals surface area (Å²) >= 11 is 17.5. The number of halogens is 6. The maximum absolute atomic E-state index is 13.1. The van der Waals surface area contributed by atoms with Crippen LogP contribution in [0.25, 0.3) is 0 Å². The highest BCUT2D eigenvalue weighted by molar-refractivity contribution is 7.91. The maximum atomic E-state index is 13.1. The van der Waals surface area contributed by atoms with Gasteiger partial charge < -0.3 is 15.2 Å². The first-order valence-corrected chi connectivity index (χ1v) is 12.6. The summed E-state index contributed by atoms with van der Waals surface area (Å²) in [5, 5.41) is 11.3. The van der Waals surface area contributed by atoms with Gasteiger partial charge in [-0.1, -0.05) is 40.9 Å². The first-order valence-electron chi connectivity index (χ1n) is 9.85. The molecule has 0 aliphatic heterocycles. The number of carboxylic acids is 1. The zero-order valence-electron chi connectivity index (χ0n) is 18.1. The fraction of sp³-hybridized carbons (Fsp3) is 0.136. The Hall–Kier alpha value is -2.90. The van der Waals surface area contributed by atoms with E-state index in [2.05, 4.69) is 10.3 Å². The number of rotatable bonds is 9. The molecule has 0 aliphatic rings. The molecule has 0 amide bonds. The van der Waals surface area contributed by atoms with Gasteiger partial charge in [0.25, 0.3) is 0 Å². The first-order chi connectivity index (χ1) is 17.2. The van der Waals surface area contributed by atoms with Gasteiger partial charge >= 0.3 is 12.1 Å². The highest BCUT2D eigenvalue weighted by atomic mass is 35.5. The number of anilines is 1. The highest BCUT2D eigenvalue weighted by Crippen LogP contribution is 2.36. The molecular formula is C22H14Cl3F3N2O6S. The van der Waals surface area contributed by atoms with Crippen LogP contribution in [0.1, 0.15) is 32.0 Å². The van der Waals surface area contributed by atoms with Crippen LogP contribution in [0.2, 0.25) is 15.1 Å². The fourth-order valence-corrected chi connectivity index (χ4v) is 4.72. The molecule has 0 atom stereocenters. The van der Waals surface area contributed by atoms with Gasteiger partial charge in [0.15, 0.2) is 5.94 Å². The van der Waals surface area contributed by atoms with Gasteiger partial charge in [-0.15, -0.1) is 0 Å². The molecular weight excluding hydrogens is 584 g/mol. The minimum absolute atomic E-state index is 0.0444. The second-order valence-electron chi connectivity index (χ2n) is 7.24. The standard InChI is InChI=1S/C22H14Cl3F3N2O6S/c23-11-6-17(19(29-8-11)20(31)18-13(21(32)33)2-1-3-16(18)25)30-9-36-10-37(34,35)12-4-5-15(24)14(7-12)22(26,27)28/h1-8,30H,9-10H2,(H,32,33). The first kappa shape index (κ1) is 28.7. The lowest BCUT2D eigenvalue weighted by molar-refractivity contribution is -0.137. The number of nitrogens with zero attached hydrogens (tertiary/aromatic N) is 1. The van der Waals surface area contributed by atoms with E-state index < -0.39 is 55.9 Å². The number of carbonyl (C=O) groups is 2. The molecule has 15 heteroatoms. The van der Waals surface area contributed by atoms with Crippen molar-refractivity contribution < 1.29 is 41.0 Å². The molecule has 0 fully saturated rings. The Morgan fingerprint density at radius 3 is 2.41 bits per heavy atom. The fourth-order valence-electron chi connectivity index (χ4n) is 3.07. The van der Waals surface area contributed by atoms with E-state index in [0.717, 1.165) is 18.3 Å². The number of nitrogens with one attached hydrogen (secondary N) is 1. The molecule has 3 aromatic rings. The van der Waals surface area contributed by atoms with Crippen LogP contribution in [0, 0.1) is 0 Å². The maximum Gasteiger partial charge on any atom is 0.417 e. The van der Waals surface area contributed by atoms with Gasteiger partial charge in [0, 0.05) is 6.20 Å². The summed E-state index contributed by atoms with van der Waals surface area (Å²) in [4.78, 5) is 27.9. The largest absolute Gasteiger partial charge is 0.478 e. The van der Waals surface area contributed by atoms with Crippen molar-refractivity contribution in [3.8, 4) is 0 Å². The van der Waals surface area contributed by atoms with Crippen LogP contribution >= 0.6 is 34.8 Å². The van der Waals surface area contributed by atoms with E-state index in [0.29, 0.717) is 6.07 Å². The Labute approximate surface area is 222 Å². The lowest BCUT2D eigenvalue weighted by Gasteiger charge is -2.14. The molecule has 0 saturated heterocycles. The van der Waals surface area contributed by atoms with Gasteiger partial charge in [-0.05, 0) is 36.4 Å². The second-order valence-corrected chi connectivity index (χ2v) is 10.4. The molecule has 196 valence electrons. The Morgan fingerprint density at radius 1 is 1.05 bits per heavy atom. The lowest BCUT2D eigenvalue weighted by Crippen LogP contribution is -2.18. The minimum atomic E-state index is -4.87. The van der Waals surface area contributed by atoms with Crippen molar-refractivity contribution in [2.45, 2.75) is 11.1 Å². The van der Waals surface area contributed by atoms with Crippen molar-refractivity contribution in [2.75, 3.05) is 18.0 Å². The number of hydrogen-bond donors (Lipinski definition) is 2. The summed E-state index contributed by atoms with van der Waals surface area (Å²) in [6, 6.07) is 7.22. The van der Waals surface area contributed by atoms with Gasteiger partial charge in [0.1, 0.15) is 12.4 Å². The van der Waals surface area contributed by atoms with Gasteiger partial charge in [0.2, 0.25) is 15.6 Å². The molecule has 0 unspecified atom stereocenters. The van der Waals surface area contributed by atoms with Crippen molar-refractivity contribution in [1.82, 2.24) is 4.98 Å². The van der Waals surface area contributed by atoms with Gasteiger partial charge in [0.05, 0.1) is 42.3 Å². The number of hydrogen-bond acceptors (Lipinski definition) is 7. The van der Waals surface area contributed by atoms with Crippen LogP contribution in [0.3, 0.4) is 0 Å². The van der Waals surface area contributed by atoms with Crippen molar-refractivity contribution in [2.24, 2.45) is 0 Å². The Balaban J connectivity index is 1.79. The minimum Gasteiger partial charge on any atom is -0.478 e. The monoisotopic (exact) mass is 596 g/mol. The molecule has 0 spiro atoms. The average Bonchev–Trinajstić information content (AvgIpc) is 2.80. The second kappa shape index (κ2) is 11.2. The molecule has 37 heavy (non-hydrogen) atoms. The van der Waals surface area contributed by atoms with Gasteiger partial charge in [-0.3, -0.25) is 4.79 Å². The highest BCUT2D eigenvalue weighted by Gasteiger charge is 2.34. The normalized spacial score (nSPS) is 11.8. The number of aromatic carboxylic acids is 1. The molecule has 1 aromatic heterocycles. The number of ketones is 1. The van der Waals surface area contributed by atoms with Crippen LogP contribution in [-0.2, 0) is 20.8 Å². The van der Waals surface area contributed by atoms with Crippen molar-refractivity contribution in [3.63, 3.8) is 0 Å². The Morgan fingerprint density at radius 2 is 1.76 bits per heavy atom. The average molecular weight is 598 g/mol. The van der Waals surface area contributed by atoms with Gasteiger partial charge in [-0.2, -0.15) is 13.2 Å². The number of aromatic nitrogens is 1. The van der Waals surface area contributed by atoms with Crippen LogP contribution in [0.5, 0.6) is 0 Å². The number of sulfone groups is 1. The molecule has 0 bridgehead atoms. The molecule has 0 radical (unpaired) electrons. The molecule has 0 saturated carbocycles. The van der Waals surface area contributed by atoms with Crippen molar-refractivity contribution in [3.05, 3.63) is 86.1 Å². The lowest BCUT2D eigenvalue weighted by atomic mass is 10.0. The van der Waals surface area contributed by atoms with Crippen LogP contribution in [-0.4, -0.2) is 42.9 Å². The van der Waals surface area contributed by atoms with Crippen molar-refractivity contribution in [1.29, 1.82) is 0 Å². The molecule has 8 nitrogen and oxygen atoms in total. The van der Waals surface area contributed by atoms with Crippen molar-refractivity contribution >= 4 is 62.1 Å². The third kappa shape index (κ3) is 6.70. The zero-order chi connectivity index (χ0) is 27.5. The molecule has 3 rings (SSSR count). The summed E-state index contributed by atoms with van der Waals surface area (Å²) in [5.74, 6) is -3.29. The number of benzene rings is 2. The number of ether oxygens (including phenoxy) is 1. The van der Waals surface area contributed by atoms with Crippen LogP contribution < -0.4 is 5.32 Å². The van der Waals surface area contributed by atoms with E-state index in [-0.39, 0.29) is 32.6 Å². The zero-order valence-corrected chi connectivity index (χ0v) is 21.2. The predicted octanol–water partition coefficient (Wildman–Crippen LogP) is 5.81. The summed E-state index contributed by atoms with van der Waals surface area (Å²) in [6.45, 7) is -0.546. The third-order valence-corrected chi connectivity index (χ3v) is 7.05. The van der Waals surface area contributed by atoms with E-state index in [4.69, 9.17) is 39.5 Å². The summed E-state index contributed by atoms with van der Waals surface area (Å²) < 4.78 is 69.2. The molecule has 0 aliphatic carbocycles. The van der Waals surface area contributed by atoms with E-state index in [1.165, 1.54) is 24.3 Å². The van der Waals surface area contributed by atoms with E-state index in [1.807, 2.05) is 0 Å². The predicted molar refractivity (Wildman–Crippen MR) is 129 cm³/mol. The molecule has 1 heterocycles. The van der Waals surface area contributed by atoms with E-state index in [9.17, 15) is 36.3 Å². The Bertz CT molecular complexity index is 1480. The Kier molecular flexibility index (Phi) is 8.70. The third-order valence-electron chi connectivity index (χ3n) is 4.75. The van der Waals surface area contributed by atoms with Gasteiger partial charge in [-0.25, -0.2) is 18.2 Å². The number of carbonyl (C=O) groups excluding carboxylic acids is 1. The van der Waals surface area contributed by atoms with E-state index >= 15 is 0 Å².